The number of methoxy groups -OCH3 is 1. The highest BCUT2D eigenvalue weighted by atomic mass is 16.6. The molecule has 14 nitrogen and oxygen atoms in total. The minimum absolute atomic E-state index is 0.0136. The number of hydrogen-bond donors (Lipinski definition) is 4. The Morgan fingerprint density at radius 2 is 1.47 bits per heavy atom. The van der Waals surface area contributed by atoms with Crippen molar-refractivity contribution in [2.45, 2.75) is 57.6 Å². The zero-order valence-electron chi connectivity index (χ0n) is 21.7. The standard InChI is InChI=1S/C24H33NO13/c1-12(27)19(10-26)37-24(33)20(38-22(31)14(3)36-21(30)13(2)34-5)11-35-23(32)16(25-4)8-15-6-7-17(28)18(29)9-15/h6-7,9,13-14,16,19-20,25-26,28-29H,8,10-11H2,1-5H3/t13-,14-,16?,19-,20-/m0/s1. The number of hydrogen-bond acceptors (Lipinski definition) is 14. The number of ketones is 1. The van der Waals surface area contributed by atoms with E-state index in [9.17, 15) is 39.3 Å². The Balaban J connectivity index is 2.97. The van der Waals surface area contributed by atoms with Gasteiger partial charge in [0.05, 0.1) is 6.61 Å². The van der Waals surface area contributed by atoms with Crippen LogP contribution in [0.1, 0.15) is 26.3 Å². The first-order chi connectivity index (χ1) is 17.8. The van der Waals surface area contributed by atoms with Crippen molar-refractivity contribution in [1.82, 2.24) is 5.32 Å². The van der Waals surface area contributed by atoms with Crippen molar-refractivity contribution >= 4 is 29.7 Å². The van der Waals surface area contributed by atoms with Crippen LogP contribution in [0.3, 0.4) is 0 Å². The number of esters is 4. The highest BCUT2D eigenvalue weighted by Gasteiger charge is 2.34. The molecule has 4 N–H and O–H groups in total. The van der Waals surface area contributed by atoms with Crippen molar-refractivity contribution in [3.05, 3.63) is 23.8 Å². The Bertz CT molecular complexity index is 996. The normalized spacial score (nSPS) is 14.8. The fourth-order valence-electron chi connectivity index (χ4n) is 2.76. The van der Waals surface area contributed by atoms with Gasteiger partial charge in [0.15, 0.2) is 35.6 Å². The lowest BCUT2D eigenvalue weighted by Gasteiger charge is -2.22. The fourth-order valence-corrected chi connectivity index (χ4v) is 2.76. The van der Waals surface area contributed by atoms with Crippen LogP contribution < -0.4 is 5.32 Å². The number of aromatic hydroxyl groups is 2. The van der Waals surface area contributed by atoms with Gasteiger partial charge in [-0.25, -0.2) is 14.4 Å². The summed E-state index contributed by atoms with van der Waals surface area (Å²) in [5, 5.41) is 31.1. The van der Waals surface area contributed by atoms with Crippen molar-refractivity contribution in [3.63, 3.8) is 0 Å². The molecule has 5 atom stereocenters. The lowest BCUT2D eigenvalue weighted by atomic mass is 10.1. The van der Waals surface area contributed by atoms with Crippen molar-refractivity contribution in [2.75, 3.05) is 27.4 Å². The molecule has 14 heteroatoms. The number of ether oxygens (including phenoxy) is 5. The summed E-state index contributed by atoms with van der Waals surface area (Å²) in [5.41, 5.74) is 0.465. The van der Waals surface area contributed by atoms with E-state index in [1.807, 2.05) is 0 Å². The third-order valence-corrected chi connectivity index (χ3v) is 5.20. The van der Waals surface area contributed by atoms with Crippen LogP contribution in [0.4, 0.5) is 0 Å². The van der Waals surface area contributed by atoms with Crippen molar-refractivity contribution in [1.29, 1.82) is 0 Å². The minimum atomic E-state index is -1.88. The number of phenols is 2. The average Bonchev–Trinajstić information content (AvgIpc) is 2.88. The zero-order chi connectivity index (χ0) is 29.0. The molecule has 0 fully saturated rings. The van der Waals surface area contributed by atoms with Crippen molar-refractivity contribution in [2.24, 2.45) is 0 Å². The van der Waals surface area contributed by atoms with Gasteiger partial charge in [0.1, 0.15) is 12.6 Å². The van der Waals surface area contributed by atoms with E-state index in [0.717, 1.165) is 6.92 Å². The number of aliphatic hydroxyl groups excluding tert-OH is 1. The highest BCUT2D eigenvalue weighted by Crippen LogP contribution is 2.25. The molecule has 1 aromatic rings. The number of aliphatic hydroxyl groups is 1. The Kier molecular flexibility index (Phi) is 13.2. The second-order valence-corrected chi connectivity index (χ2v) is 8.10. The molecule has 0 aliphatic carbocycles. The van der Waals surface area contributed by atoms with Crippen LogP contribution >= 0.6 is 0 Å². The number of phenolic OH excluding ortho intramolecular Hbond substituents is 2. The summed E-state index contributed by atoms with van der Waals surface area (Å²) < 4.78 is 24.8. The zero-order valence-corrected chi connectivity index (χ0v) is 21.7. The van der Waals surface area contributed by atoms with E-state index in [0.29, 0.717) is 5.56 Å². The molecule has 0 heterocycles. The second-order valence-electron chi connectivity index (χ2n) is 8.10. The van der Waals surface area contributed by atoms with Crippen LogP contribution in [0.5, 0.6) is 11.5 Å². The molecule has 38 heavy (non-hydrogen) atoms. The van der Waals surface area contributed by atoms with Gasteiger partial charge in [-0.1, -0.05) is 6.07 Å². The lowest BCUT2D eigenvalue weighted by molar-refractivity contribution is -0.187. The lowest BCUT2D eigenvalue weighted by Crippen LogP contribution is -2.43. The summed E-state index contributed by atoms with van der Waals surface area (Å²) in [5.74, 6) is -5.67. The van der Waals surface area contributed by atoms with Gasteiger partial charge in [0, 0.05) is 7.11 Å². The predicted molar refractivity (Wildman–Crippen MR) is 127 cm³/mol. The molecule has 0 spiro atoms. The van der Waals surface area contributed by atoms with Gasteiger partial charge in [0.2, 0.25) is 6.10 Å². The first-order valence-electron chi connectivity index (χ1n) is 11.4. The van der Waals surface area contributed by atoms with Gasteiger partial charge in [-0.2, -0.15) is 0 Å². The minimum Gasteiger partial charge on any atom is -0.504 e. The highest BCUT2D eigenvalue weighted by molar-refractivity contribution is 5.87. The molecular weight excluding hydrogens is 510 g/mol. The topological polar surface area (TPSA) is 204 Å². The van der Waals surface area contributed by atoms with E-state index in [1.54, 1.807) is 0 Å². The largest absolute Gasteiger partial charge is 0.504 e. The second kappa shape index (κ2) is 15.5. The van der Waals surface area contributed by atoms with E-state index in [2.05, 4.69) is 5.32 Å². The maximum absolute atomic E-state index is 12.7. The third kappa shape index (κ3) is 9.95. The number of rotatable bonds is 15. The summed E-state index contributed by atoms with van der Waals surface area (Å²) in [4.78, 5) is 61.1. The Hall–Kier alpha value is -3.75. The molecule has 0 amide bonds. The summed E-state index contributed by atoms with van der Waals surface area (Å²) in [6, 6.07) is 2.98. The van der Waals surface area contributed by atoms with Gasteiger partial charge in [0.25, 0.3) is 0 Å². The molecule has 0 aliphatic rings. The molecule has 0 aliphatic heterocycles. The SMILES string of the molecule is CNC(Cc1ccc(O)c(O)c1)C(=O)OC[C@H](OC(=O)[C@H](C)OC(=O)[C@H](C)OC)C(=O)O[C@@H](CO)C(C)=O. The van der Waals surface area contributed by atoms with E-state index < -0.39 is 73.3 Å². The summed E-state index contributed by atoms with van der Waals surface area (Å²) in [7, 11) is 2.71. The maximum atomic E-state index is 12.7. The van der Waals surface area contributed by atoms with E-state index >= 15 is 0 Å². The molecule has 0 radical (unpaired) electrons. The monoisotopic (exact) mass is 543 g/mol. The van der Waals surface area contributed by atoms with Crippen LogP contribution in [0.2, 0.25) is 0 Å². The molecule has 1 rings (SSSR count). The molecule has 0 saturated heterocycles. The number of benzene rings is 1. The van der Waals surface area contributed by atoms with Gasteiger partial charge in [-0.15, -0.1) is 0 Å². The number of Topliss-reactive ketones (excluding diaryl/α,β-unsaturated/α-hetero) is 1. The molecule has 0 bridgehead atoms. The number of carbonyl (C=O) groups is 5. The van der Waals surface area contributed by atoms with Crippen LogP contribution in [0, 0.1) is 0 Å². The van der Waals surface area contributed by atoms with Gasteiger partial charge in [-0.3, -0.25) is 9.59 Å². The van der Waals surface area contributed by atoms with Crippen LogP contribution in [-0.4, -0.2) is 103 Å². The van der Waals surface area contributed by atoms with Gasteiger partial charge < -0.3 is 44.3 Å². The Labute approximate surface area is 218 Å². The smallest absolute Gasteiger partial charge is 0.351 e. The van der Waals surface area contributed by atoms with Gasteiger partial charge in [-0.05, 0) is 51.9 Å². The summed E-state index contributed by atoms with van der Waals surface area (Å²) in [6.45, 7) is 1.94. The Morgan fingerprint density at radius 3 is 2.00 bits per heavy atom. The fraction of sp³-hybridized carbons (Fsp3) is 0.542. The number of likely N-dealkylation sites (N-methyl/N-ethyl adjacent to an activating group) is 1. The first-order valence-corrected chi connectivity index (χ1v) is 11.4. The molecule has 0 aromatic heterocycles. The molecule has 1 unspecified atom stereocenters. The Morgan fingerprint density at radius 1 is 0.868 bits per heavy atom. The molecule has 1 aromatic carbocycles. The third-order valence-electron chi connectivity index (χ3n) is 5.20. The summed E-state index contributed by atoms with van der Waals surface area (Å²) in [6.07, 6.45) is -5.89. The van der Waals surface area contributed by atoms with Crippen LogP contribution in [-0.2, 0) is 54.1 Å². The number of nitrogens with one attached hydrogen (secondary N) is 1. The molecule has 0 saturated carbocycles. The predicted octanol–water partition coefficient (Wildman–Crippen LogP) is -0.857. The molecular formula is C24H33NO13. The van der Waals surface area contributed by atoms with Crippen molar-refractivity contribution < 1.29 is 63.0 Å². The van der Waals surface area contributed by atoms with E-state index in [4.69, 9.17) is 23.7 Å². The first kappa shape index (κ1) is 32.3. The number of carbonyl (C=O) groups excluding carboxylic acids is 5. The average molecular weight is 544 g/mol. The maximum Gasteiger partial charge on any atom is 0.351 e. The summed E-state index contributed by atoms with van der Waals surface area (Å²) >= 11 is 0. The molecule has 212 valence electrons. The van der Waals surface area contributed by atoms with E-state index in [1.165, 1.54) is 46.2 Å². The van der Waals surface area contributed by atoms with E-state index in [-0.39, 0.29) is 17.9 Å². The van der Waals surface area contributed by atoms with Crippen LogP contribution in [0.25, 0.3) is 0 Å². The van der Waals surface area contributed by atoms with Crippen molar-refractivity contribution in [3.8, 4) is 11.5 Å². The van der Waals surface area contributed by atoms with Crippen LogP contribution in [0.15, 0.2) is 18.2 Å². The van der Waals surface area contributed by atoms with Gasteiger partial charge >= 0.3 is 23.9 Å². The quantitative estimate of drug-likeness (QED) is 0.121.